The minimum absolute atomic E-state index is 0.0144. The monoisotopic (exact) mass is 504 g/mol. The molecule has 4 aromatic rings. The average Bonchev–Trinajstić information content (AvgIpc) is 3.30. The molecule has 0 aliphatic carbocycles. The van der Waals surface area contributed by atoms with Crippen molar-refractivity contribution in [2.24, 2.45) is 0 Å². The number of carbonyl (C=O) groups excluding carboxylic acids is 1. The lowest BCUT2D eigenvalue weighted by Gasteiger charge is -2.12. The lowest BCUT2D eigenvalue weighted by molar-refractivity contribution is -0.384. The molecule has 0 unspecified atom stereocenters. The summed E-state index contributed by atoms with van der Waals surface area (Å²) in [7, 11) is 1.57. The number of anilines is 1. The molecule has 0 radical (unpaired) electrons. The van der Waals surface area contributed by atoms with Crippen molar-refractivity contribution in [2.75, 3.05) is 12.4 Å². The van der Waals surface area contributed by atoms with Gasteiger partial charge in [-0.3, -0.25) is 14.7 Å². The van der Waals surface area contributed by atoms with Crippen LogP contribution in [0.2, 0.25) is 0 Å². The molecule has 4 rings (SSSR count). The summed E-state index contributed by atoms with van der Waals surface area (Å²) in [5.74, 6) is 1.84. The fourth-order valence-electron chi connectivity index (χ4n) is 3.41. The molecule has 11 heteroatoms. The second-order valence-corrected chi connectivity index (χ2v) is 8.70. The van der Waals surface area contributed by atoms with E-state index in [2.05, 4.69) is 26.9 Å². The predicted octanol–water partition coefficient (Wildman–Crippen LogP) is 5.11. The molecule has 0 bridgehead atoms. The molecule has 0 saturated heterocycles. The number of benzene rings is 3. The Morgan fingerprint density at radius 3 is 2.44 bits per heavy atom. The van der Waals surface area contributed by atoms with Gasteiger partial charge in [0.1, 0.15) is 5.75 Å². The molecule has 0 fully saturated rings. The molecule has 0 aliphatic rings. The number of non-ortho nitro benzene ring substituents is 1. The molecule has 0 saturated carbocycles. The summed E-state index contributed by atoms with van der Waals surface area (Å²) in [6.07, 6.45) is 0. The van der Waals surface area contributed by atoms with Crippen LogP contribution < -0.4 is 15.4 Å². The Hall–Kier alpha value is -4.38. The molecule has 36 heavy (non-hydrogen) atoms. The van der Waals surface area contributed by atoms with Gasteiger partial charge in [0.25, 0.3) is 5.69 Å². The molecule has 0 aliphatic heterocycles. The standard InChI is InChI=1S/C25H24N6O4S/c1-17-5-3-4-6-18(17)16-36-25-29-28-23(30(25)20-9-11-21(12-10-20)31(33)34)15-26-24(32)27-19-7-13-22(35-2)14-8-19/h3-14H,15-16H2,1-2H3,(H2,26,27,32). The first-order chi connectivity index (χ1) is 17.4. The topological polar surface area (TPSA) is 124 Å². The maximum absolute atomic E-state index is 12.5. The van der Waals surface area contributed by atoms with Gasteiger partial charge in [-0.05, 0) is 54.4 Å². The highest BCUT2D eigenvalue weighted by Crippen LogP contribution is 2.27. The van der Waals surface area contributed by atoms with E-state index in [-0.39, 0.29) is 12.2 Å². The molecule has 1 heterocycles. The number of nitro groups is 1. The number of carbonyl (C=O) groups is 1. The van der Waals surface area contributed by atoms with Crippen LogP contribution in [0.4, 0.5) is 16.2 Å². The van der Waals surface area contributed by atoms with Crippen LogP contribution in [0.5, 0.6) is 5.75 Å². The molecule has 0 spiro atoms. The van der Waals surface area contributed by atoms with Crippen molar-refractivity contribution in [3.8, 4) is 11.4 Å². The van der Waals surface area contributed by atoms with Gasteiger partial charge in [0.2, 0.25) is 0 Å². The van der Waals surface area contributed by atoms with E-state index in [1.54, 1.807) is 48.1 Å². The minimum atomic E-state index is -0.449. The van der Waals surface area contributed by atoms with Crippen molar-refractivity contribution in [3.05, 3.63) is 99.9 Å². The Bertz CT molecular complexity index is 1360. The number of urea groups is 1. The number of thioether (sulfide) groups is 1. The van der Waals surface area contributed by atoms with Crippen molar-refractivity contribution >= 4 is 29.2 Å². The Labute approximate surface area is 211 Å². The third kappa shape index (κ3) is 5.99. The second-order valence-electron chi connectivity index (χ2n) is 7.76. The van der Waals surface area contributed by atoms with E-state index < -0.39 is 11.0 Å². The fourth-order valence-corrected chi connectivity index (χ4v) is 4.46. The summed E-state index contributed by atoms with van der Waals surface area (Å²) < 4.78 is 6.92. The van der Waals surface area contributed by atoms with Crippen molar-refractivity contribution < 1.29 is 14.5 Å². The van der Waals surface area contributed by atoms with Crippen molar-refractivity contribution in [1.82, 2.24) is 20.1 Å². The highest BCUT2D eigenvalue weighted by atomic mass is 32.2. The van der Waals surface area contributed by atoms with Gasteiger partial charge in [-0.1, -0.05) is 36.0 Å². The first-order valence-electron chi connectivity index (χ1n) is 11.0. The average molecular weight is 505 g/mol. The lowest BCUT2D eigenvalue weighted by atomic mass is 10.1. The van der Waals surface area contributed by atoms with Crippen LogP contribution in [0.15, 0.2) is 78.0 Å². The molecular weight excluding hydrogens is 480 g/mol. The maximum atomic E-state index is 12.5. The SMILES string of the molecule is COc1ccc(NC(=O)NCc2nnc(SCc3ccccc3C)n2-c2ccc([N+](=O)[O-])cc2)cc1. The van der Waals surface area contributed by atoms with Crippen molar-refractivity contribution in [3.63, 3.8) is 0 Å². The second kappa shape index (κ2) is 11.4. The van der Waals surface area contributed by atoms with Gasteiger partial charge in [-0.2, -0.15) is 0 Å². The summed E-state index contributed by atoms with van der Waals surface area (Å²) in [5, 5.41) is 25.9. The third-order valence-electron chi connectivity index (χ3n) is 5.39. The number of ether oxygens (including phenoxy) is 1. The number of aryl methyl sites for hydroxylation is 1. The van der Waals surface area contributed by atoms with Crippen molar-refractivity contribution in [2.45, 2.75) is 24.4 Å². The Morgan fingerprint density at radius 2 is 1.78 bits per heavy atom. The van der Waals surface area contributed by atoms with E-state index in [1.807, 2.05) is 25.1 Å². The van der Waals surface area contributed by atoms with Gasteiger partial charge in [-0.25, -0.2) is 4.79 Å². The number of amides is 2. The molecule has 2 N–H and O–H groups in total. The number of methoxy groups -OCH3 is 1. The van der Waals surface area contributed by atoms with Crippen LogP contribution >= 0.6 is 11.8 Å². The summed E-state index contributed by atoms with van der Waals surface area (Å²) in [6, 6.07) is 20.8. The molecule has 3 aromatic carbocycles. The first kappa shape index (κ1) is 24.7. The zero-order valence-corrected chi connectivity index (χ0v) is 20.5. The Balaban J connectivity index is 1.53. The van der Waals surface area contributed by atoms with Crippen LogP contribution in [0.1, 0.15) is 17.0 Å². The minimum Gasteiger partial charge on any atom is -0.497 e. The van der Waals surface area contributed by atoms with E-state index in [0.717, 1.165) is 0 Å². The van der Waals surface area contributed by atoms with E-state index in [1.165, 1.54) is 35.0 Å². The summed E-state index contributed by atoms with van der Waals surface area (Å²) >= 11 is 1.50. The number of nitrogens with zero attached hydrogens (tertiary/aromatic N) is 4. The van der Waals surface area contributed by atoms with Crippen LogP contribution in [0.25, 0.3) is 5.69 Å². The fraction of sp³-hybridized carbons (Fsp3) is 0.160. The number of nitro benzene ring substituents is 1. The molecule has 1 aromatic heterocycles. The van der Waals surface area contributed by atoms with Gasteiger partial charge in [0.15, 0.2) is 11.0 Å². The lowest BCUT2D eigenvalue weighted by Crippen LogP contribution is -2.29. The maximum Gasteiger partial charge on any atom is 0.319 e. The van der Waals surface area contributed by atoms with E-state index >= 15 is 0 Å². The van der Waals surface area contributed by atoms with Crippen LogP contribution in [0.3, 0.4) is 0 Å². The van der Waals surface area contributed by atoms with E-state index in [0.29, 0.717) is 33.9 Å². The number of hydrogen-bond acceptors (Lipinski definition) is 7. The summed E-state index contributed by atoms with van der Waals surface area (Å²) in [4.78, 5) is 23.1. The largest absolute Gasteiger partial charge is 0.497 e. The summed E-state index contributed by atoms with van der Waals surface area (Å²) in [5.41, 5.74) is 3.59. The van der Waals surface area contributed by atoms with Gasteiger partial charge in [0.05, 0.1) is 18.6 Å². The van der Waals surface area contributed by atoms with E-state index in [4.69, 9.17) is 4.74 Å². The highest BCUT2D eigenvalue weighted by molar-refractivity contribution is 7.98. The van der Waals surface area contributed by atoms with Crippen LogP contribution in [0, 0.1) is 17.0 Å². The summed E-state index contributed by atoms with van der Waals surface area (Å²) in [6.45, 7) is 2.14. The molecule has 0 atom stereocenters. The van der Waals surface area contributed by atoms with Crippen LogP contribution in [-0.4, -0.2) is 32.8 Å². The third-order valence-corrected chi connectivity index (χ3v) is 6.37. The van der Waals surface area contributed by atoms with Crippen molar-refractivity contribution in [1.29, 1.82) is 0 Å². The van der Waals surface area contributed by atoms with Gasteiger partial charge >= 0.3 is 6.03 Å². The first-order valence-corrected chi connectivity index (χ1v) is 12.0. The Kier molecular flexibility index (Phi) is 7.81. The Morgan fingerprint density at radius 1 is 1.06 bits per heavy atom. The molecular formula is C25H24N6O4S. The quantitative estimate of drug-likeness (QED) is 0.184. The zero-order valence-electron chi connectivity index (χ0n) is 19.7. The van der Waals surface area contributed by atoms with E-state index in [9.17, 15) is 14.9 Å². The highest BCUT2D eigenvalue weighted by Gasteiger charge is 2.17. The number of aromatic nitrogens is 3. The molecule has 10 nitrogen and oxygen atoms in total. The normalized spacial score (nSPS) is 10.6. The van der Waals surface area contributed by atoms with Gasteiger partial charge in [-0.15, -0.1) is 10.2 Å². The van der Waals surface area contributed by atoms with Gasteiger partial charge in [0, 0.05) is 29.3 Å². The number of nitrogens with one attached hydrogen (secondary N) is 2. The number of hydrogen-bond donors (Lipinski definition) is 2. The molecule has 184 valence electrons. The zero-order chi connectivity index (χ0) is 25.5. The van der Waals surface area contributed by atoms with Gasteiger partial charge < -0.3 is 15.4 Å². The number of rotatable bonds is 9. The van der Waals surface area contributed by atoms with Crippen LogP contribution in [-0.2, 0) is 12.3 Å². The smallest absolute Gasteiger partial charge is 0.319 e. The molecule has 2 amide bonds. The predicted molar refractivity (Wildman–Crippen MR) is 138 cm³/mol.